The standard InChI is InChI=1S/C12H13ClF3NO2/c1-6(11(18)19)7(2)17-10-4-3-8(5-9(10)13)12(14,15)16/h3-7,17H,1-2H3,(H,18,19). The third-order valence-corrected chi connectivity index (χ3v) is 3.13. The molecule has 3 nitrogen and oxygen atoms in total. The number of alkyl halides is 3. The van der Waals surface area contributed by atoms with E-state index < -0.39 is 29.7 Å². The lowest BCUT2D eigenvalue weighted by Crippen LogP contribution is -2.29. The van der Waals surface area contributed by atoms with Crippen LogP contribution in [0.25, 0.3) is 0 Å². The summed E-state index contributed by atoms with van der Waals surface area (Å²) in [5.41, 5.74) is -0.572. The minimum Gasteiger partial charge on any atom is -0.481 e. The highest BCUT2D eigenvalue weighted by atomic mass is 35.5. The van der Waals surface area contributed by atoms with Gasteiger partial charge in [-0.3, -0.25) is 4.79 Å². The second kappa shape index (κ2) is 5.69. The predicted molar refractivity (Wildman–Crippen MR) is 66.3 cm³/mol. The molecule has 0 aliphatic heterocycles. The van der Waals surface area contributed by atoms with E-state index in [9.17, 15) is 18.0 Å². The second-order valence-corrected chi connectivity index (χ2v) is 4.66. The number of carbonyl (C=O) groups is 1. The first-order chi connectivity index (χ1) is 8.62. The van der Waals surface area contributed by atoms with Crippen molar-refractivity contribution in [1.29, 1.82) is 0 Å². The zero-order chi connectivity index (χ0) is 14.8. The summed E-state index contributed by atoms with van der Waals surface area (Å²) in [5, 5.41) is 11.5. The zero-order valence-electron chi connectivity index (χ0n) is 10.3. The Bertz CT molecular complexity index is 477. The highest BCUT2D eigenvalue weighted by Gasteiger charge is 2.31. The van der Waals surface area contributed by atoms with E-state index in [0.717, 1.165) is 12.1 Å². The lowest BCUT2D eigenvalue weighted by Gasteiger charge is -2.20. The van der Waals surface area contributed by atoms with Crippen LogP contribution in [0.2, 0.25) is 5.02 Å². The number of aliphatic carboxylic acids is 1. The number of carboxylic acid groups (broad SMARTS) is 1. The van der Waals surface area contributed by atoms with Crippen LogP contribution in [0.1, 0.15) is 19.4 Å². The highest BCUT2D eigenvalue weighted by molar-refractivity contribution is 6.33. The van der Waals surface area contributed by atoms with Crippen molar-refractivity contribution in [3.05, 3.63) is 28.8 Å². The van der Waals surface area contributed by atoms with Crippen molar-refractivity contribution in [3.63, 3.8) is 0 Å². The van der Waals surface area contributed by atoms with Gasteiger partial charge in [0.1, 0.15) is 0 Å². The number of benzene rings is 1. The molecule has 1 aromatic carbocycles. The van der Waals surface area contributed by atoms with Gasteiger partial charge in [-0.15, -0.1) is 0 Å². The number of anilines is 1. The Morgan fingerprint density at radius 3 is 2.37 bits per heavy atom. The van der Waals surface area contributed by atoms with Crippen LogP contribution >= 0.6 is 11.6 Å². The van der Waals surface area contributed by atoms with E-state index >= 15 is 0 Å². The normalized spacial score (nSPS) is 14.8. The third kappa shape index (κ3) is 4.02. The molecule has 1 aromatic rings. The molecule has 0 amide bonds. The first-order valence-corrected chi connectivity index (χ1v) is 5.87. The molecule has 2 N–H and O–H groups in total. The number of rotatable bonds is 4. The van der Waals surface area contributed by atoms with Crippen molar-refractivity contribution < 1.29 is 23.1 Å². The molecule has 2 unspecified atom stereocenters. The first-order valence-electron chi connectivity index (χ1n) is 5.49. The molecular formula is C12H13ClF3NO2. The maximum absolute atomic E-state index is 12.4. The second-order valence-electron chi connectivity index (χ2n) is 4.25. The van der Waals surface area contributed by atoms with Crippen LogP contribution in [0, 0.1) is 5.92 Å². The molecule has 0 heterocycles. The minimum absolute atomic E-state index is 0.0979. The van der Waals surface area contributed by atoms with Gasteiger partial charge in [-0.05, 0) is 32.0 Å². The number of nitrogens with one attached hydrogen (secondary N) is 1. The Kier molecular flexibility index (Phi) is 4.68. The van der Waals surface area contributed by atoms with Gasteiger partial charge in [-0.2, -0.15) is 13.2 Å². The monoisotopic (exact) mass is 295 g/mol. The van der Waals surface area contributed by atoms with Crippen LogP contribution in [0.15, 0.2) is 18.2 Å². The van der Waals surface area contributed by atoms with Crippen molar-refractivity contribution in [3.8, 4) is 0 Å². The summed E-state index contributed by atoms with van der Waals surface area (Å²) in [6.07, 6.45) is -4.46. The summed E-state index contributed by atoms with van der Waals surface area (Å²) in [6.45, 7) is 3.12. The van der Waals surface area contributed by atoms with Crippen molar-refractivity contribution in [1.82, 2.24) is 0 Å². The fourth-order valence-corrected chi connectivity index (χ4v) is 1.63. The van der Waals surface area contributed by atoms with Crippen molar-refractivity contribution in [2.24, 2.45) is 5.92 Å². The van der Waals surface area contributed by atoms with E-state index in [1.54, 1.807) is 6.92 Å². The molecule has 0 aromatic heterocycles. The van der Waals surface area contributed by atoms with Gasteiger partial charge in [0.2, 0.25) is 0 Å². The minimum atomic E-state index is -4.46. The topological polar surface area (TPSA) is 49.3 Å². The molecule has 0 saturated heterocycles. The number of hydrogen-bond donors (Lipinski definition) is 2. The molecule has 7 heteroatoms. The maximum atomic E-state index is 12.4. The number of halogens is 4. The van der Waals surface area contributed by atoms with Gasteiger partial charge in [0.15, 0.2) is 0 Å². The van der Waals surface area contributed by atoms with E-state index in [1.807, 2.05) is 0 Å². The Morgan fingerprint density at radius 2 is 1.95 bits per heavy atom. The van der Waals surface area contributed by atoms with Gasteiger partial charge >= 0.3 is 12.1 Å². The first kappa shape index (κ1) is 15.6. The molecule has 0 bridgehead atoms. The van der Waals surface area contributed by atoms with Crippen LogP contribution in [0.4, 0.5) is 18.9 Å². The molecule has 19 heavy (non-hydrogen) atoms. The molecule has 0 spiro atoms. The summed E-state index contributed by atoms with van der Waals surface area (Å²) in [6, 6.07) is 2.43. The molecule has 0 radical (unpaired) electrons. The summed E-state index contributed by atoms with van der Waals surface area (Å²) in [5.74, 6) is -1.69. The molecule has 0 aliphatic rings. The number of carboxylic acids is 1. The molecule has 0 aliphatic carbocycles. The molecular weight excluding hydrogens is 283 g/mol. The maximum Gasteiger partial charge on any atom is 0.416 e. The average Bonchev–Trinajstić information content (AvgIpc) is 2.29. The summed E-state index contributed by atoms with van der Waals surface area (Å²) in [4.78, 5) is 10.8. The fraction of sp³-hybridized carbons (Fsp3) is 0.417. The Morgan fingerprint density at radius 1 is 1.37 bits per heavy atom. The summed E-state index contributed by atoms with van der Waals surface area (Å²) < 4.78 is 37.3. The van der Waals surface area contributed by atoms with Crippen LogP contribution in [0.3, 0.4) is 0 Å². The smallest absolute Gasteiger partial charge is 0.416 e. The van der Waals surface area contributed by atoms with Crippen LogP contribution in [0.5, 0.6) is 0 Å². The van der Waals surface area contributed by atoms with Crippen LogP contribution in [-0.2, 0) is 11.0 Å². The molecule has 0 fully saturated rings. The van der Waals surface area contributed by atoms with Gasteiger partial charge in [0, 0.05) is 6.04 Å². The largest absolute Gasteiger partial charge is 0.481 e. The van der Waals surface area contributed by atoms with Gasteiger partial charge in [-0.25, -0.2) is 0 Å². The van der Waals surface area contributed by atoms with Crippen molar-refractivity contribution in [2.75, 3.05) is 5.32 Å². The lowest BCUT2D eigenvalue weighted by molar-refractivity contribution is -0.141. The summed E-state index contributed by atoms with van der Waals surface area (Å²) in [7, 11) is 0. The van der Waals surface area contributed by atoms with Crippen molar-refractivity contribution >= 4 is 23.3 Å². The molecule has 106 valence electrons. The molecule has 0 saturated carbocycles. The Hall–Kier alpha value is -1.43. The molecule has 2 atom stereocenters. The zero-order valence-corrected chi connectivity index (χ0v) is 11.0. The quantitative estimate of drug-likeness (QED) is 0.886. The number of hydrogen-bond acceptors (Lipinski definition) is 2. The van der Waals surface area contributed by atoms with Gasteiger partial charge < -0.3 is 10.4 Å². The van der Waals surface area contributed by atoms with Crippen molar-refractivity contribution in [2.45, 2.75) is 26.1 Å². The van der Waals surface area contributed by atoms with E-state index in [2.05, 4.69) is 5.32 Å². The van der Waals surface area contributed by atoms with Gasteiger partial charge in [0.25, 0.3) is 0 Å². The third-order valence-electron chi connectivity index (χ3n) is 2.82. The van der Waals surface area contributed by atoms with E-state index in [-0.39, 0.29) is 10.7 Å². The molecule has 1 rings (SSSR count). The predicted octanol–water partition coefficient (Wildman–Crippen LogP) is 3.88. The Balaban J connectivity index is 2.89. The SMILES string of the molecule is CC(Nc1ccc(C(F)(F)F)cc1Cl)C(C)C(=O)O. The Labute approximate surface area is 113 Å². The van der Waals surface area contributed by atoms with E-state index in [4.69, 9.17) is 16.7 Å². The van der Waals surface area contributed by atoms with Gasteiger partial charge in [-0.1, -0.05) is 11.6 Å². The van der Waals surface area contributed by atoms with Gasteiger partial charge in [0.05, 0.1) is 22.2 Å². The highest BCUT2D eigenvalue weighted by Crippen LogP contribution is 2.34. The fourth-order valence-electron chi connectivity index (χ4n) is 1.39. The van der Waals surface area contributed by atoms with Crippen LogP contribution in [-0.4, -0.2) is 17.1 Å². The average molecular weight is 296 g/mol. The lowest BCUT2D eigenvalue weighted by atomic mass is 10.0. The van der Waals surface area contributed by atoms with E-state index in [1.165, 1.54) is 13.0 Å². The summed E-state index contributed by atoms with van der Waals surface area (Å²) >= 11 is 5.75. The van der Waals surface area contributed by atoms with Crippen LogP contribution < -0.4 is 5.32 Å². The van der Waals surface area contributed by atoms with E-state index in [0.29, 0.717) is 0 Å².